The topological polar surface area (TPSA) is 102 Å². The van der Waals surface area contributed by atoms with Crippen LogP contribution in [0.5, 0.6) is 0 Å². The van der Waals surface area contributed by atoms with Gasteiger partial charge in [0, 0.05) is 30.8 Å². The summed E-state index contributed by atoms with van der Waals surface area (Å²) in [6.45, 7) is 1.15. The summed E-state index contributed by atoms with van der Waals surface area (Å²) in [6.07, 6.45) is 1.22. The summed E-state index contributed by atoms with van der Waals surface area (Å²) in [5.74, 6) is -0.687. The van der Waals surface area contributed by atoms with Gasteiger partial charge in [0.2, 0.25) is 5.91 Å². The first kappa shape index (κ1) is 19.3. The number of para-hydroxylation sites is 2. The minimum Gasteiger partial charge on any atom is -0.465 e. The highest BCUT2D eigenvalue weighted by Gasteiger charge is 2.28. The molecule has 2 aromatic carbocycles. The lowest BCUT2D eigenvalue weighted by atomic mass is 9.95. The van der Waals surface area contributed by atoms with E-state index in [-0.39, 0.29) is 22.4 Å². The molecule has 146 valence electrons. The molecule has 1 N–H and O–H groups in total. The molecule has 8 nitrogen and oxygen atoms in total. The van der Waals surface area contributed by atoms with Crippen molar-refractivity contribution in [1.29, 1.82) is 0 Å². The summed E-state index contributed by atoms with van der Waals surface area (Å²) in [7, 11) is 1.31. The van der Waals surface area contributed by atoms with Crippen molar-refractivity contribution in [3.05, 3.63) is 64.2 Å². The molecule has 0 radical (unpaired) electrons. The third-order valence-corrected chi connectivity index (χ3v) is 4.86. The number of nitro benzene ring substituents is 1. The highest BCUT2D eigenvalue weighted by Crippen LogP contribution is 2.31. The number of rotatable bonds is 5. The first-order valence-corrected chi connectivity index (χ1v) is 8.97. The minimum atomic E-state index is -0.430. The first-order chi connectivity index (χ1) is 13.5. The smallest absolute Gasteiger partial charge is 0.337 e. The van der Waals surface area contributed by atoms with Crippen LogP contribution in [-0.4, -0.2) is 37.0 Å². The van der Waals surface area contributed by atoms with Gasteiger partial charge in [0.05, 0.1) is 17.6 Å². The number of esters is 1. The number of ether oxygens (including phenoxy) is 1. The van der Waals surface area contributed by atoms with E-state index in [0.29, 0.717) is 42.9 Å². The van der Waals surface area contributed by atoms with Crippen LogP contribution in [0.2, 0.25) is 0 Å². The van der Waals surface area contributed by atoms with Crippen molar-refractivity contribution in [3.63, 3.8) is 0 Å². The van der Waals surface area contributed by atoms with Crippen LogP contribution in [0.15, 0.2) is 48.5 Å². The Balaban J connectivity index is 1.58. The molecule has 1 amide bonds. The average molecular weight is 383 g/mol. The highest BCUT2D eigenvalue weighted by atomic mass is 16.6. The van der Waals surface area contributed by atoms with E-state index in [0.717, 1.165) is 0 Å². The van der Waals surface area contributed by atoms with Crippen LogP contribution in [0.25, 0.3) is 0 Å². The van der Waals surface area contributed by atoms with E-state index in [4.69, 9.17) is 0 Å². The Morgan fingerprint density at radius 2 is 1.75 bits per heavy atom. The number of anilines is 2. The molecule has 0 spiro atoms. The van der Waals surface area contributed by atoms with Gasteiger partial charge in [-0.25, -0.2) is 4.79 Å². The number of nitrogens with one attached hydrogen (secondary N) is 1. The second kappa shape index (κ2) is 8.51. The Kier molecular flexibility index (Phi) is 5.88. The number of nitrogens with zero attached hydrogens (tertiary/aromatic N) is 2. The molecule has 0 saturated carbocycles. The molecule has 1 fully saturated rings. The molecule has 0 atom stereocenters. The van der Waals surface area contributed by atoms with Gasteiger partial charge in [0.25, 0.3) is 5.69 Å². The quantitative estimate of drug-likeness (QED) is 0.483. The number of hydrogen-bond donors (Lipinski definition) is 1. The minimum absolute atomic E-state index is 0.0797. The molecular formula is C20H21N3O5. The van der Waals surface area contributed by atoms with Gasteiger partial charge in [-0.3, -0.25) is 14.9 Å². The Morgan fingerprint density at radius 3 is 2.36 bits per heavy atom. The number of carbonyl (C=O) groups excluding carboxylic acids is 2. The Hall–Kier alpha value is -3.42. The van der Waals surface area contributed by atoms with Crippen molar-refractivity contribution in [3.8, 4) is 0 Å². The molecule has 0 bridgehead atoms. The van der Waals surface area contributed by atoms with Gasteiger partial charge in [-0.05, 0) is 43.2 Å². The van der Waals surface area contributed by atoms with Crippen LogP contribution < -0.4 is 10.2 Å². The maximum atomic E-state index is 12.5. The SMILES string of the molecule is COC(=O)c1ccc(NC(=O)C2CCN(c3ccccc3[N+](=O)[O-])CC2)cc1. The van der Waals surface area contributed by atoms with Crippen LogP contribution in [0, 0.1) is 16.0 Å². The monoisotopic (exact) mass is 383 g/mol. The average Bonchev–Trinajstić information content (AvgIpc) is 2.73. The van der Waals surface area contributed by atoms with Crippen molar-refractivity contribution >= 4 is 28.9 Å². The van der Waals surface area contributed by atoms with Gasteiger partial charge in [0.1, 0.15) is 5.69 Å². The normalized spacial score (nSPS) is 14.4. The summed E-state index contributed by atoms with van der Waals surface area (Å²) in [6, 6.07) is 13.2. The van der Waals surface area contributed by atoms with Crippen LogP contribution in [0.4, 0.5) is 17.1 Å². The van der Waals surface area contributed by atoms with Crippen LogP contribution in [0.1, 0.15) is 23.2 Å². The second-order valence-corrected chi connectivity index (χ2v) is 6.57. The fourth-order valence-electron chi connectivity index (χ4n) is 3.32. The Morgan fingerprint density at radius 1 is 1.11 bits per heavy atom. The molecule has 1 heterocycles. The largest absolute Gasteiger partial charge is 0.465 e. The molecule has 2 aromatic rings. The lowest BCUT2D eigenvalue weighted by Crippen LogP contribution is -2.38. The number of nitro groups is 1. The van der Waals surface area contributed by atoms with Gasteiger partial charge in [-0.2, -0.15) is 0 Å². The summed E-state index contributed by atoms with van der Waals surface area (Å²) in [5.41, 5.74) is 1.69. The first-order valence-electron chi connectivity index (χ1n) is 8.97. The Bertz CT molecular complexity index is 874. The molecule has 0 aromatic heterocycles. The van der Waals surface area contributed by atoms with Gasteiger partial charge in [-0.15, -0.1) is 0 Å². The van der Waals surface area contributed by atoms with Gasteiger partial charge in [0.15, 0.2) is 0 Å². The lowest BCUT2D eigenvalue weighted by molar-refractivity contribution is -0.384. The Labute approximate surface area is 162 Å². The van der Waals surface area contributed by atoms with E-state index in [1.807, 2.05) is 4.90 Å². The van der Waals surface area contributed by atoms with Crippen molar-refractivity contribution in [2.24, 2.45) is 5.92 Å². The zero-order valence-electron chi connectivity index (χ0n) is 15.5. The van der Waals surface area contributed by atoms with Crippen molar-refractivity contribution in [2.75, 3.05) is 30.4 Å². The zero-order chi connectivity index (χ0) is 20.1. The molecule has 0 unspecified atom stereocenters. The van der Waals surface area contributed by atoms with E-state index in [1.54, 1.807) is 42.5 Å². The molecule has 1 aliphatic heterocycles. The number of piperidine rings is 1. The van der Waals surface area contributed by atoms with E-state index in [2.05, 4.69) is 10.1 Å². The lowest BCUT2D eigenvalue weighted by Gasteiger charge is -2.32. The van der Waals surface area contributed by atoms with Crippen LogP contribution in [-0.2, 0) is 9.53 Å². The second-order valence-electron chi connectivity index (χ2n) is 6.57. The van der Waals surface area contributed by atoms with E-state index >= 15 is 0 Å². The molecule has 0 aliphatic carbocycles. The number of hydrogen-bond acceptors (Lipinski definition) is 6. The molecule has 28 heavy (non-hydrogen) atoms. The third-order valence-electron chi connectivity index (χ3n) is 4.86. The van der Waals surface area contributed by atoms with Gasteiger partial charge in [-0.1, -0.05) is 12.1 Å². The van der Waals surface area contributed by atoms with Crippen LogP contribution in [0.3, 0.4) is 0 Å². The van der Waals surface area contributed by atoms with E-state index in [1.165, 1.54) is 13.2 Å². The van der Waals surface area contributed by atoms with Gasteiger partial charge >= 0.3 is 5.97 Å². The molecule has 1 saturated heterocycles. The predicted octanol–water partition coefficient (Wildman–Crippen LogP) is 3.24. The van der Waals surface area contributed by atoms with E-state index in [9.17, 15) is 19.7 Å². The third kappa shape index (κ3) is 4.28. The highest BCUT2D eigenvalue weighted by molar-refractivity contribution is 5.94. The summed E-state index contributed by atoms with van der Waals surface area (Å²) in [5, 5.41) is 14.1. The number of amides is 1. The summed E-state index contributed by atoms with van der Waals surface area (Å²) in [4.78, 5) is 36.8. The number of benzene rings is 2. The summed E-state index contributed by atoms with van der Waals surface area (Å²) < 4.78 is 4.65. The number of carbonyl (C=O) groups is 2. The molecule has 1 aliphatic rings. The van der Waals surface area contributed by atoms with Crippen LogP contribution >= 0.6 is 0 Å². The predicted molar refractivity (Wildman–Crippen MR) is 104 cm³/mol. The van der Waals surface area contributed by atoms with Crippen molar-refractivity contribution < 1.29 is 19.2 Å². The molecule has 8 heteroatoms. The zero-order valence-corrected chi connectivity index (χ0v) is 15.5. The number of methoxy groups -OCH3 is 1. The van der Waals surface area contributed by atoms with E-state index < -0.39 is 5.97 Å². The maximum Gasteiger partial charge on any atom is 0.337 e. The fraction of sp³-hybridized carbons (Fsp3) is 0.300. The van der Waals surface area contributed by atoms with Gasteiger partial charge < -0.3 is 15.0 Å². The molecular weight excluding hydrogens is 362 g/mol. The fourth-order valence-corrected chi connectivity index (χ4v) is 3.32. The molecule has 3 rings (SSSR count). The summed E-state index contributed by atoms with van der Waals surface area (Å²) >= 11 is 0. The van der Waals surface area contributed by atoms with Crippen molar-refractivity contribution in [1.82, 2.24) is 0 Å². The van der Waals surface area contributed by atoms with Crippen molar-refractivity contribution in [2.45, 2.75) is 12.8 Å². The maximum absolute atomic E-state index is 12.5. The standard InChI is InChI=1S/C20H21N3O5/c1-28-20(25)15-6-8-16(9-7-15)21-19(24)14-10-12-22(13-11-14)17-4-2-3-5-18(17)23(26)27/h2-9,14H,10-13H2,1H3,(H,21,24).